The third kappa shape index (κ3) is 2.94. The van der Waals surface area contributed by atoms with E-state index >= 15 is 0 Å². The molecule has 0 radical (unpaired) electrons. The monoisotopic (exact) mass is 372 g/mol. The Labute approximate surface area is 163 Å². The van der Waals surface area contributed by atoms with Gasteiger partial charge in [0.1, 0.15) is 4.88 Å². The largest absolute Gasteiger partial charge is 0.465 e. The summed E-state index contributed by atoms with van der Waals surface area (Å²) < 4.78 is 6.12. The van der Waals surface area contributed by atoms with Crippen LogP contribution in [0.4, 0.5) is 0 Å². The first-order valence-corrected chi connectivity index (χ1v) is 9.69. The van der Waals surface area contributed by atoms with Gasteiger partial charge in [-0.2, -0.15) is 0 Å². The van der Waals surface area contributed by atoms with E-state index in [2.05, 4.69) is 62.4 Å². The van der Waals surface area contributed by atoms with Crippen LogP contribution in [0.1, 0.15) is 20.8 Å². The van der Waals surface area contributed by atoms with Gasteiger partial charge in [0.05, 0.1) is 7.11 Å². The Morgan fingerprint density at radius 2 is 1.33 bits per heavy atom. The summed E-state index contributed by atoms with van der Waals surface area (Å²) in [6.07, 6.45) is 0. The normalized spacial score (nSPS) is 10.9. The number of hydrogen-bond acceptors (Lipinski definition) is 3. The van der Waals surface area contributed by atoms with Crippen LogP contribution in [0.25, 0.3) is 32.3 Å². The van der Waals surface area contributed by atoms with Gasteiger partial charge in [-0.3, -0.25) is 0 Å². The summed E-state index contributed by atoms with van der Waals surface area (Å²) in [6, 6.07) is 22.7. The molecule has 0 aliphatic carbocycles. The van der Waals surface area contributed by atoms with Crippen molar-refractivity contribution in [1.29, 1.82) is 0 Å². The van der Waals surface area contributed by atoms with Crippen LogP contribution >= 0.6 is 11.3 Å². The number of benzene rings is 3. The number of esters is 1. The molecule has 1 heterocycles. The lowest BCUT2D eigenvalue weighted by Crippen LogP contribution is -1.96. The highest BCUT2D eigenvalue weighted by molar-refractivity contribution is 7.21. The van der Waals surface area contributed by atoms with Crippen LogP contribution in [0, 0.1) is 13.8 Å². The van der Waals surface area contributed by atoms with Crippen molar-refractivity contribution >= 4 is 27.4 Å². The number of hydrogen-bond donors (Lipinski definition) is 0. The minimum Gasteiger partial charge on any atom is -0.465 e. The molecule has 0 saturated heterocycles. The van der Waals surface area contributed by atoms with E-state index in [1.165, 1.54) is 46.3 Å². The topological polar surface area (TPSA) is 26.3 Å². The van der Waals surface area contributed by atoms with Crippen LogP contribution < -0.4 is 0 Å². The van der Waals surface area contributed by atoms with E-state index in [0.717, 1.165) is 15.6 Å². The van der Waals surface area contributed by atoms with Crippen LogP contribution in [-0.2, 0) is 4.74 Å². The fourth-order valence-electron chi connectivity index (χ4n) is 3.64. The van der Waals surface area contributed by atoms with Gasteiger partial charge in [0.2, 0.25) is 0 Å². The quantitative estimate of drug-likeness (QED) is 0.377. The molecule has 0 N–H and O–H groups in total. The molecule has 27 heavy (non-hydrogen) atoms. The molecule has 0 atom stereocenters. The van der Waals surface area contributed by atoms with Crippen molar-refractivity contribution in [1.82, 2.24) is 0 Å². The lowest BCUT2D eigenvalue weighted by molar-refractivity contribution is 0.0606. The second-order valence-electron chi connectivity index (χ2n) is 6.58. The molecular weight excluding hydrogens is 352 g/mol. The van der Waals surface area contributed by atoms with E-state index in [-0.39, 0.29) is 5.97 Å². The van der Waals surface area contributed by atoms with E-state index in [1.807, 2.05) is 18.2 Å². The fraction of sp³-hybridized carbons (Fsp3) is 0.125. The maximum Gasteiger partial charge on any atom is 0.348 e. The van der Waals surface area contributed by atoms with Crippen molar-refractivity contribution in [2.75, 3.05) is 7.11 Å². The number of carbonyl (C=O) groups is 1. The van der Waals surface area contributed by atoms with E-state index in [1.54, 1.807) is 0 Å². The number of thiophene rings is 1. The van der Waals surface area contributed by atoms with Crippen molar-refractivity contribution < 1.29 is 9.53 Å². The zero-order chi connectivity index (χ0) is 19.0. The van der Waals surface area contributed by atoms with Crippen LogP contribution in [0.5, 0.6) is 0 Å². The molecule has 0 amide bonds. The molecule has 0 aliphatic heterocycles. The maximum atomic E-state index is 12.2. The van der Waals surface area contributed by atoms with E-state index in [9.17, 15) is 4.79 Å². The molecule has 3 aromatic carbocycles. The highest BCUT2D eigenvalue weighted by Crippen LogP contribution is 2.45. The van der Waals surface area contributed by atoms with Crippen molar-refractivity contribution in [3.05, 3.63) is 82.7 Å². The standard InChI is InChI=1S/C24H20O2S/c1-15-16(2)22(18-12-8-5-9-13-18)23-19(14-20(27-23)24(25)26-3)21(15)17-10-6-4-7-11-17/h4-14H,1-3H3. The summed E-state index contributed by atoms with van der Waals surface area (Å²) in [6.45, 7) is 4.33. The highest BCUT2D eigenvalue weighted by atomic mass is 32.1. The van der Waals surface area contributed by atoms with Gasteiger partial charge in [-0.1, -0.05) is 60.7 Å². The van der Waals surface area contributed by atoms with Gasteiger partial charge in [0, 0.05) is 15.6 Å². The lowest BCUT2D eigenvalue weighted by atomic mass is 9.88. The zero-order valence-electron chi connectivity index (χ0n) is 15.6. The predicted octanol–water partition coefficient (Wildman–Crippen LogP) is 6.64. The molecule has 0 fully saturated rings. The first-order valence-electron chi connectivity index (χ1n) is 8.87. The fourth-order valence-corrected chi connectivity index (χ4v) is 4.85. The molecule has 0 bridgehead atoms. The molecule has 4 rings (SSSR count). The van der Waals surface area contributed by atoms with Crippen molar-refractivity contribution in [2.45, 2.75) is 13.8 Å². The first kappa shape index (κ1) is 17.5. The summed E-state index contributed by atoms with van der Waals surface area (Å²) in [7, 11) is 1.43. The average Bonchev–Trinajstić information content (AvgIpc) is 3.14. The van der Waals surface area contributed by atoms with Crippen molar-refractivity contribution in [3.63, 3.8) is 0 Å². The van der Waals surface area contributed by atoms with E-state index < -0.39 is 0 Å². The Kier molecular flexibility index (Phi) is 4.54. The first-order chi connectivity index (χ1) is 13.1. The van der Waals surface area contributed by atoms with E-state index in [0.29, 0.717) is 4.88 Å². The minimum absolute atomic E-state index is 0.287. The van der Waals surface area contributed by atoms with Crippen molar-refractivity contribution in [2.24, 2.45) is 0 Å². The second-order valence-corrected chi connectivity index (χ2v) is 7.63. The van der Waals surface area contributed by atoms with Crippen LogP contribution in [0.3, 0.4) is 0 Å². The van der Waals surface area contributed by atoms with Gasteiger partial charge in [0.15, 0.2) is 0 Å². The molecule has 1 aromatic heterocycles. The molecule has 4 aromatic rings. The Bertz CT molecular complexity index is 1040. The molecule has 0 unspecified atom stereocenters. The van der Waals surface area contributed by atoms with Gasteiger partial charge in [-0.25, -0.2) is 4.79 Å². The molecule has 0 aliphatic rings. The zero-order valence-corrected chi connectivity index (χ0v) is 16.4. The molecule has 3 heteroatoms. The number of ether oxygens (including phenoxy) is 1. The number of fused-ring (bicyclic) bond motifs is 1. The third-order valence-corrected chi connectivity index (χ3v) is 6.19. The Morgan fingerprint density at radius 1 is 0.815 bits per heavy atom. The Hall–Kier alpha value is -2.91. The van der Waals surface area contributed by atoms with E-state index in [4.69, 9.17) is 4.74 Å². The number of methoxy groups -OCH3 is 1. The SMILES string of the molecule is COC(=O)c1cc2c(-c3ccccc3)c(C)c(C)c(-c3ccccc3)c2s1. The third-order valence-electron chi connectivity index (χ3n) is 5.05. The lowest BCUT2D eigenvalue weighted by Gasteiger charge is -2.17. The van der Waals surface area contributed by atoms with Crippen LogP contribution in [0.15, 0.2) is 66.7 Å². The molecule has 134 valence electrons. The maximum absolute atomic E-state index is 12.2. The minimum atomic E-state index is -0.287. The number of rotatable bonds is 3. The molecular formula is C24H20O2S. The van der Waals surface area contributed by atoms with Gasteiger partial charge < -0.3 is 4.74 Å². The Balaban J connectivity index is 2.13. The molecule has 0 spiro atoms. The summed E-state index contributed by atoms with van der Waals surface area (Å²) in [4.78, 5) is 12.9. The summed E-state index contributed by atoms with van der Waals surface area (Å²) in [5, 5.41) is 1.11. The van der Waals surface area contributed by atoms with Crippen LogP contribution in [-0.4, -0.2) is 13.1 Å². The summed E-state index contributed by atoms with van der Waals surface area (Å²) in [5.74, 6) is -0.287. The van der Waals surface area contributed by atoms with Gasteiger partial charge in [-0.15, -0.1) is 11.3 Å². The molecule has 0 saturated carbocycles. The summed E-state index contributed by atoms with van der Waals surface area (Å²) in [5.41, 5.74) is 7.20. The van der Waals surface area contributed by atoms with Gasteiger partial charge in [0.25, 0.3) is 0 Å². The Morgan fingerprint density at radius 3 is 1.89 bits per heavy atom. The highest BCUT2D eigenvalue weighted by Gasteiger charge is 2.21. The smallest absolute Gasteiger partial charge is 0.348 e. The van der Waals surface area contributed by atoms with Crippen molar-refractivity contribution in [3.8, 4) is 22.3 Å². The second kappa shape index (κ2) is 7.01. The predicted molar refractivity (Wildman–Crippen MR) is 114 cm³/mol. The van der Waals surface area contributed by atoms with Crippen LogP contribution in [0.2, 0.25) is 0 Å². The molecule has 2 nitrogen and oxygen atoms in total. The van der Waals surface area contributed by atoms with Gasteiger partial charge >= 0.3 is 5.97 Å². The van der Waals surface area contributed by atoms with Gasteiger partial charge in [-0.05, 0) is 47.7 Å². The average molecular weight is 372 g/mol. The number of carbonyl (C=O) groups excluding carboxylic acids is 1. The summed E-state index contributed by atoms with van der Waals surface area (Å²) >= 11 is 1.51.